The van der Waals surface area contributed by atoms with Crippen LogP contribution in [0.4, 0.5) is 0 Å². The van der Waals surface area contributed by atoms with Crippen LogP contribution in [0.5, 0.6) is 11.5 Å². The van der Waals surface area contributed by atoms with Gasteiger partial charge in [0.05, 0.1) is 18.1 Å². The average molecular weight is 346 g/mol. The van der Waals surface area contributed by atoms with Gasteiger partial charge in [0, 0.05) is 18.2 Å². The molecule has 4 unspecified atom stereocenters. The molecule has 3 N–H and O–H groups in total. The normalized spacial score (nSPS) is 39.0. The van der Waals surface area contributed by atoms with E-state index in [9.17, 15) is 10.3 Å². The second kappa shape index (κ2) is 5.10. The monoisotopic (exact) mass is 346 g/mol. The molecule has 0 bridgehead atoms. The Balaban J connectivity index is 1.65. The van der Waals surface area contributed by atoms with Gasteiger partial charge in [-0.05, 0) is 56.7 Å². The Kier molecular flexibility index (Phi) is 3.24. The number of hydrogen-bond acceptors (Lipinski definition) is 6. The van der Waals surface area contributed by atoms with Gasteiger partial charge in [-0.2, -0.15) is 5.06 Å². The molecular formula is C19H26N2O4. The number of nitrogens with zero attached hydrogens (tertiary/aromatic N) is 1. The van der Waals surface area contributed by atoms with Gasteiger partial charge in [-0.25, -0.2) is 0 Å². The van der Waals surface area contributed by atoms with Crippen molar-refractivity contribution in [3.05, 3.63) is 23.3 Å². The van der Waals surface area contributed by atoms with Crippen LogP contribution in [0, 0.1) is 5.92 Å². The Morgan fingerprint density at radius 2 is 2.20 bits per heavy atom. The van der Waals surface area contributed by atoms with Gasteiger partial charge in [0.15, 0.2) is 17.7 Å². The number of hydrogen-bond donors (Lipinski definition) is 3. The molecule has 0 radical (unpaired) electrons. The average Bonchev–Trinajstić information content (AvgIpc) is 3.36. The number of hydroxylamine groups is 2. The summed E-state index contributed by atoms with van der Waals surface area (Å²) in [5.41, 5.74) is 0.520. The van der Waals surface area contributed by atoms with Crippen molar-refractivity contribution >= 4 is 0 Å². The number of methoxy groups -OCH3 is 1. The summed E-state index contributed by atoms with van der Waals surface area (Å²) in [6.45, 7) is 3.37. The van der Waals surface area contributed by atoms with E-state index in [0.29, 0.717) is 24.5 Å². The van der Waals surface area contributed by atoms with Gasteiger partial charge in [-0.15, -0.1) is 0 Å². The molecule has 25 heavy (non-hydrogen) atoms. The highest BCUT2D eigenvalue weighted by Gasteiger charge is 2.68. The molecule has 136 valence electrons. The summed E-state index contributed by atoms with van der Waals surface area (Å²) >= 11 is 0. The van der Waals surface area contributed by atoms with Crippen molar-refractivity contribution in [1.29, 1.82) is 0 Å². The minimum Gasteiger partial charge on any atom is -0.493 e. The lowest BCUT2D eigenvalue weighted by Gasteiger charge is -2.57. The van der Waals surface area contributed by atoms with Crippen LogP contribution >= 0.6 is 0 Å². The first kappa shape index (κ1) is 15.9. The third kappa shape index (κ3) is 1.94. The molecule has 2 fully saturated rings. The fourth-order valence-electron chi connectivity index (χ4n) is 5.22. The minimum absolute atomic E-state index is 0.0373. The molecule has 2 aliphatic heterocycles. The molecule has 2 heterocycles. The first-order valence-electron chi connectivity index (χ1n) is 9.27. The highest BCUT2D eigenvalue weighted by molar-refractivity contribution is 5.61. The molecule has 5 rings (SSSR count). The zero-order valence-electron chi connectivity index (χ0n) is 14.8. The third-order valence-electron chi connectivity index (χ3n) is 6.91. The zero-order valence-corrected chi connectivity index (χ0v) is 14.8. The maximum absolute atomic E-state index is 11.9. The maximum Gasteiger partial charge on any atom is 0.186 e. The molecule has 0 spiro atoms. The second-order valence-corrected chi connectivity index (χ2v) is 8.25. The van der Waals surface area contributed by atoms with E-state index in [2.05, 4.69) is 11.4 Å². The van der Waals surface area contributed by atoms with Crippen molar-refractivity contribution in [3.63, 3.8) is 0 Å². The van der Waals surface area contributed by atoms with E-state index in [0.717, 1.165) is 24.4 Å². The second-order valence-electron chi connectivity index (χ2n) is 8.25. The smallest absolute Gasteiger partial charge is 0.186 e. The molecule has 1 aromatic carbocycles. The number of rotatable bonds is 4. The predicted molar refractivity (Wildman–Crippen MR) is 91.0 cm³/mol. The van der Waals surface area contributed by atoms with Gasteiger partial charge in [0.1, 0.15) is 0 Å². The van der Waals surface area contributed by atoms with Gasteiger partial charge in [0.2, 0.25) is 0 Å². The van der Waals surface area contributed by atoms with Gasteiger partial charge in [0.25, 0.3) is 0 Å². The molecule has 2 aliphatic carbocycles. The summed E-state index contributed by atoms with van der Waals surface area (Å²) < 4.78 is 11.6. The van der Waals surface area contributed by atoms with Gasteiger partial charge < -0.3 is 25.1 Å². The highest BCUT2D eigenvalue weighted by atomic mass is 16.6. The maximum atomic E-state index is 11.9. The lowest BCUT2D eigenvalue weighted by atomic mass is 9.56. The highest BCUT2D eigenvalue weighted by Crippen LogP contribution is 2.60. The molecule has 0 aromatic heterocycles. The molecule has 1 saturated carbocycles. The Morgan fingerprint density at radius 3 is 2.92 bits per heavy atom. The number of benzene rings is 1. The van der Waals surface area contributed by atoms with Crippen LogP contribution in [0.15, 0.2) is 12.1 Å². The van der Waals surface area contributed by atoms with E-state index in [1.807, 2.05) is 13.0 Å². The Bertz CT molecular complexity index is 722. The van der Waals surface area contributed by atoms with Crippen LogP contribution in [-0.4, -0.2) is 53.4 Å². The topological polar surface area (TPSA) is 74.2 Å². The standard InChI is InChI=1S/C19H26N2O4/c1-18-15-12-5-6-13(24-2)16(15)25-17(18)21(23)8-7-19(18,22)14(9-12)20-10-11-3-4-11/h5-6,11,14,17,20,22-23H,3-4,7-10H2,1-2H3. The molecule has 4 aliphatic rings. The lowest BCUT2D eigenvalue weighted by Crippen LogP contribution is -2.74. The van der Waals surface area contributed by atoms with E-state index in [1.54, 1.807) is 7.11 Å². The predicted octanol–water partition coefficient (Wildman–Crippen LogP) is 1.42. The van der Waals surface area contributed by atoms with E-state index in [4.69, 9.17) is 9.47 Å². The Hall–Kier alpha value is -1.34. The first-order valence-corrected chi connectivity index (χ1v) is 9.27. The summed E-state index contributed by atoms with van der Waals surface area (Å²) in [5, 5.41) is 27.2. The molecular weight excluding hydrogens is 320 g/mol. The lowest BCUT2D eigenvalue weighted by molar-refractivity contribution is -0.267. The molecule has 1 aromatic rings. The molecule has 6 nitrogen and oxygen atoms in total. The fraction of sp³-hybridized carbons (Fsp3) is 0.684. The molecule has 1 saturated heterocycles. The summed E-state index contributed by atoms with van der Waals surface area (Å²) in [6, 6.07) is 3.97. The molecule has 6 heteroatoms. The van der Waals surface area contributed by atoms with Gasteiger partial charge in [-0.3, -0.25) is 0 Å². The van der Waals surface area contributed by atoms with E-state index >= 15 is 0 Å². The van der Waals surface area contributed by atoms with Gasteiger partial charge in [-0.1, -0.05) is 6.07 Å². The zero-order chi connectivity index (χ0) is 17.4. The minimum atomic E-state index is -0.962. The molecule has 0 amide bonds. The van der Waals surface area contributed by atoms with Crippen molar-refractivity contribution in [3.8, 4) is 11.5 Å². The van der Waals surface area contributed by atoms with Crippen LogP contribution in [-0.2, 0) is 11.8 Å². The summed E-state index contributed by atoms with van der Waals surface area (Å²) in [7, 11) is 1.62. The van der Waals surface area contributed by atoms with E-state index < -0.39 is 17.2 Å². The van der Waals surface area contributed by atoms with Crippen LogP contribution in [0.2, 0.25) is 0 Å². The largest absolute Gasteiger partial charge is 0.493 e. The van der Waals surface area contributed by atoms with Crippen LogP contribution in [0.25, 0.3) is 0 Å². The number of nitrogens with one attached hydrogen (secondary N) is 1. The van der Waals surface area contributed by atoms with Crippen molar-refractivity contribution < 1.29 is 19.8 Å². The molecule has 4 atom stereocenters. The number of ether oxygens (including phenoxy) is 2. The summed E-state index contributed by atoms with van der Waals surface area (Å²) in [6.07, 6.45) is 3.25. The van der Waals surface area contributed by atoms with Gasteiger partial charge >= 0.3 is 0 Å². The first-order chi connectivity index (χ1) is 12.0. The SMILES string of the molecule is COc1ccc2c3c1OC1N(O)CCC(O)(C(NCC4CC4)C2)C31C. The van der Waals surface area contributed by atoms with E-state index in [-0.39, 0.29) is 6.04 Å². The quantitative estimate of drug-likeness (QED) is 0.766. The third-order valence-corrected chi connectivity index (χ3v) is 6.91. The number of aliphatic hydroxyl groups is 1. The van der Waals surface area contributed by atoms with Crippen molar-refractivity contribution in [2.75, 3.05) is 20.2 Å². The number of piperidine rings is 1. The van der Waals surface area contributed by atoms with Crippen LogP contribution in [0.3, 0.4) is 0 Å². The summed E-state index contributed by atoms with van der Waals surface area (Å²) in [4.78, 5) is 0. The van der Waals surface area contributed by atoms with Crippen molar-refractivity contribution in [2.24, 2.45) is 5.92 Å². The fourth-order valence-corrected chi connectivity index (χ4v) is 5.22. The Morgan fingerprint density at radius 1 is 1.40 bits per heavy atom. The summed E-state index contributed by atoms with van der Waals surface area (Å²) in [5.74, 6) is 2.08. The Labute approximate surface area is 147 Å². The van der Waals surface area contributed by atoms with Crippen LogP contribution < -0.4 is 14.8 Å². The van der Waals surface area contributed by atoms with Crippen LogP contribution in [0.1, 0.15) is 37.3 Å². The van der Waals surface area contributed by atoms with Crippen molar-refractivity contribution in [1.82, 2.24) is 10.4 Å². The van der Waals surface area contributed by atoms with Crippen molar-refractivity contribution in [2.45, 2.75) is 55.9 Å². The van der Waals surface area contributed by atoms with E-state index in [1.165, 1.54) is 23.5 Å².